The molecule has 0 amide bonds. The number of nitrogen functional groups attached to an aromatic ring is 1. The highest BCUT2D eigenvalue weighted by atomic mass is 19.1. The molecule has 0 aliphatic heterocycles. The molecule has 2 rings (SSSR count). The standard InChI is InChI=1S/C11H15FN2/c1-6(13)11-8-4-2-3-7(8)10(14)5-9(11)12/h5-6H,2-4,13-14H2,1H3/t6-/m0/s1. The van der Waals surface area contributed by atoms with Crippen molar-refractivity contribution in [1.29, 1.82) is 0 Å². The molecular formula is C11H15FN2. The fraction of sp³-hybridized carbons (Fsp3) is 0.455. The van der Waals surface area contributed by atoms with Crippen molar-refractivity contribution in [2.24, 2.45) is 5.73 Å². The van der Waals surface area contributed by atoms with Gasteiger partial charge in [0.1, 0.15) is 5.82 Å². The molecule has 3 heteroatoms. The van der Waals surface area contributed by atoms with Crippen LogP contribution >= 0.6 is 0 Å². The van der Waals surface area contributed by atoms with Crippen molar-refractivity contribution < 1.29 is 4.39 Å². The summed E-state index contributed by atoms with van der Waals surface area (Å²) in [6.07, 6.45) is 2.93. The quantitative estimate of drug-likeness (QED) is 0.671. The molecule has 76 valence electrons. The molecule has 0 saturated heterocycles. The third-order valence-electron chi connectivity index (χ3n) is 2.89. The summed E-state index contributed by atoms with van der Waals surface area (Å²) in [5.41, 5.74) is 14.9. The number of halogens is 1. The molecule has 0 bridgehead atoms. The molecule has 1 aromatic rings. The van der Waals surface area contributed by atoms with Crippen LogP contribution in [0.25, 0.3) is 0 Å². The van der Waals surface area contributed by atoms with E-state index in [0.29, 0.717) is 11.3 Å². The van der Waals surface area contributed by atoms with Gasteiger partial charge in [-0.3, -0.25) is 0 Å². The second-order valence-electron chi connectivity index (χ2n) is 3.96. The van der Waals surface area contributed by atoms with E-state index in [0.717, 1.165) is 30.4 Å². The monoisotopic (exact) mass is 194 g/mol. The Morgan fingerprint density at radius 2 is 2.00 bits per heavy atom. The van der Waals surface area contributed by atoms with E-state index < -0.39 is 0 Å². The van der Waals surface area contributed by atoms with Gasteiger partial charge in [0.25, 0.3) is 0 Å². The van der Waals surface area contributed by atoms with E-state index in [9.17, 15) is 4.39 Å². The summed E-state index contributed by atoms with van der Waals surface area (Å²) < 4.78 is 13.6. The second kappa shape index (κ2) is 3.24. The van der Waals surface area contributed by atoms with Gasteiger partial charge < -0.3 is 11.5 Å². The highest BCUT2D eigenvalue weighted by Gasteiger charge is 2.22. The van der Waals surface area contributed by atoms with Crippen LogP contribution in [-0.2, 0) is 12.8 Å². The molecule has 1 atom stereocenters. The summed E-state index contributed by atoms with van der Waals surface area (Å²) in [6, 6.07) is 1.16. The molecule has 0 unspecified atom stereocenters. The molecule has 4 N–H and O–H groups in total. The average molecular weight is 194 g/mol. The van der Waals surface area contributed by atoms with Crippen LogP contribution in [0, 0.1) is 5.82 Å². The van der Waals surface area contributed by atoms with Crippen molar-refractivity contribution in [2.75, 3.05) is 5.73 Å². The lowest BCUT2D eigenvalue weighted by molar-refractivity contribution is 0.590. The number of rotatable bonds is 1. The van der Waals surface area contributed by atoms with Gasteiger partial charge in [-0.25, -0.2) is 4.39 Å². The number of nitrogens with two attached hydrogens (primary N) is 2. The van der Waals surface area contributed by atoms with Gasteiger partial charge in [-0.05, 0) is 43.4 Å². The third kappa shape index (κ3) is 1.28. The number of hydrogen-bond acceptors (Lipinski definition) is 2. The maximum atomic E-state index is 13.6. The largest absolute Gasteiger partial charge is 0.398 e. The van der Waals surface area contributed by atoms with Crippen LogP contribution in [0.4, 0.5) is 10.1 Å². The van der Waals surface area contributed by atoms with Crippen LogP contribution in [0.15, 0.2) is 6.07 Å². The predicted molar refractivity (Wildman–Crippen MR) is 55.4 cm³/mol. The van der Waals surface area contributed by atoms with E-state index in [-0.39, 0.29) is 11.9 Å². The minimum atomic E-state index is -0.252. The topological polar surface area (TPSA) is 52.0 Å². The van der Waals surface area contributed by atoms with E-state index in [1.165, 1.54) is 6.07 Å². The van der Waals surface area contributed by atoms with E-state index in [4.69, 9.17) is 11.5 Å². The van der Waals surface area contributed by atoms with Crippen LogP contribution in [-0.4, -0.2) is 0 Å². The van der Waals surface area contributed by atoms with Crippen molar-refractivity contribution in [2.45, 2.75) is 32.2 Å². The van der Waals surface area contributed by atoms with Crippen LogP contribution in [0.3, 0.4) is 0 Å². The van der Waals surface area contributed by atoms with Gasteiger partial charge in [-0.2, -0.15) is 0 Å². The van der Waals surface area contributed by atoms with Crippen molar-refractivity contribution >= 4 is 5.69 Å². The molecular weight excluding hydrogens is 179 g/mol. The lowest BCUT2D eigenvalue weighted by atomic mass is 9.97. The zero-order valence-corrected chi connectivity index (χ0v) is 8.31. The van der Waals surface area contributed by atoms with Crippen LogP contribution < -0.4 is 11.5 Å². The first-order valence-electron chi connectivity index (χ1n) is 4.96. The summed E-state index contributed by atoms with van der Waals surface area (Å²) in [5, 5.41) is 0. The van der Waals surface area contributed by atoms with Crippen LogP contribution in [0.1, 0.15) is 36.1 Å². The SMILES string of the molecule is C[C@H](N)c1c(F)cc(N)c2c1CCC2. The number of benzene rings is 1. The molecule has 1 aliphatic rings. The predicted octanol–water partition coefficient (Wildman–Crippen LogP) is 1.92. The normalized spacial score (nSPS) is 16.8. The van der Waals surface area contributed by atoms with Gasteiger partial charge >= 0.3 is 0 Å². The Labute approximate surface area is 83.1 Å². The fourth-order valence-corrected chi connectivity index (χ4v) is 2.30. The molecule has 2 nitrogen and oxygen atoms in total. The van der Waals surface area contributed by atoms with Crippen molar-refractivity contribution in [3.8, 4) is 0 Å². The average Bonchev–Trinajstić information content (AvgIpc) is 2.51. The zero-order valence-electron chi connectivity index (χ0n) is 8.31. The third-order valence-corrected chi connectivity index (χ3v) is 2.89. The van der Waals surface area contributed by atoms with Gasteiger partial charge in [0.05, 0.1) is 0 Å². The van der Waals surface area contributed by atoms with E-state index in [1.54, 1.807) is 0 Å². The van der Waals surface area contributed by atoms with Gasteiger partial charge in [-0.1, -0.05) is 0 Å². The molecule has 0 aromatic heterocycles. The van der Waals surface area contributed by atoms with Crippen molar-refractivity contribution in [3.05, 3.63) is 28.6 Å². The zero-order chi connectivity index (χ0) is 10.3. The highest BCUT2D eigenvalue weighted by Crippen LogP contribution is 2.34. The molecule has 0 saturated carbocycles. The first-order chi connectivity index (χ1) is 6.61. The minimum absolute atomic E-state index is 0.248. The first-order valence-corrected chi connectivity index (χ1v) is 4.96. The lowest BCUT2D eigenvalue weighted by Gasteiger charge is -2.14. The van der Waals surface area contributed by atoms with Gasteiger partial charge in [-0.15, -0.1) is 0 Å². The number of anilines is 1. The smallest absolute Gasteiger partial charge is 0.130 e. The molecule has 0 spiro atoms. The maximum Gasteiger partial charge on any atom is 0.130 e. The number of hydrogen-bond donors (Lipinski definition) is 2. The minimum Gasteiger partial charge on any atom is -0.398 e. The lowest BCUT2D eigenvalue weighted by Crippen LogP contribution is -2.12. The summed E-state index contributed by atoms with van der Waals surface area (Å²) in [6.45, 7) is 1.81. The summed E-state index contributed by atoms with van der Waals surface area (Å²) >= 11 is 0. The Bertz CT molecular complexity index is 372. The fourth-order valence-electron chi connectivity index (χ4n) is 2.30. The second-order valence-corrected chi connectivity index (χ2v) is 3.96. The van der Waals surface area contributed by atoms with Crippen molar-refractivity contribution in [1.82, 2.24) is 0 Å². The summed E-state index contributed by atoms with van der Waals surface area (Å²) in [4.78, 5) is 0. The first kappa shape index (κ1) is 9.46. The Balaban J connectivity index is 2.66. The molecule has 14 heavy (non-hydrogen) atoms. The summed E-state index contributed by atoms with van der Waals surface area (Å²) in [5.74, 6) is -0.252. The molecule has 1 aromatic carbocycles. The molecule has 0 fully saturated rings. The van der Waals surface area contributed by atoms with Gasteiger partial charge in [0, 0.05) is 17.3 Å². The highest BCUT2D eigenvalue weighted by molar-refractivity contribution is 5.57. The van der Waals surface area contributed by atoms with E-state index in [2.05, 4.69) is 0 Å². The Kier molecular flexibility index (Phi) is 2.19. The molecule has 0 heterocycles. The number of fused-ring (bicyclic) bond motifs is 1. The Hall–Kier alpha value is -1.09. The van der Waals surface area contributed by atoms with E-state index in [1.807, 2.05) is 6.92 Å². The van der Waals surface area contributed by atoms with E-state index >= 15 is 0 Å². The molecule has 1 aliphatic carbocycles. The molecule has 0 radical (unpaired) electrons. The van der Waals surface area contributed by atoms with Gasteiger partial charge in [0.15, 0.2) is 0 Å². The van der Waals surface area contributed by atoms with Crippen LogP contribution in [0.5, 0.6) is 0 Å². The Morgan fingerprint density at radius 1 is 1.36 bits per heavy atom. The van der Waals surface area contributed by atoms with Crippen molar-refractivity contribution in [3.63, 3.8) is 0 Å². The van der Waals surface area contributed by atoms with Crippen LogP contribution in [0.2, 0.25) is 0 Å². The summed E-state index contributed by atoms with van der Waals surface area (Å²) in [7, 11) is 0. The van der Waals surface area contributed by atoms with Gasteiger partial charge in [0.2, 0.25) is 0 Å². The maximum absolute atomic E-state index is 13.6. The Morgan fingerprint density at radius 3 is 2.64 bits per heavy atom.